The van der Waals surface area contributed by atoms with E-state index in [0.717, 1.165) is 16.8 Å². The third-order valence-corrected chi connectivity index (χ3v) is 4.47. The Morgan fingerprint density at radius 3 is 2.90 bits per heavy atom. The largest absolute Gasteiger partial charge is 0.394 e. The Bertz CT molecular complexity index is 1080. The lowest BCUT2D eigenvalue weighted by Crippen LogP contribution is -2.30. The SMILES string of the molecule is C#Cc1ccc(Nc2c(C(=O)NOC[C@H](O)CO)c3cccnc3n2C)c(C)c1. The maximum absolute atomic E-state index is 12.9. The van der Waals surface area contributed by atoms with Crippen molar-refractivity contribution in [1.82, 2.24) is 15.0 Å². The number of pyridine rings is 1. The van der Waals surface area contributed by atoms with E-state index in [1.54, 1.807) is 29.9 Å². The van der Waals surface area contributed by atoms with Gasteiger partial charge in [-0.1, -0.05) is 5.92 Å². The highest BCUT2D eigenvalue weighted by Gasteiger charge is 2.23. The van der Waals surface area contributed by atoms with Gasteiger partial charge in [0, 0.05) is 29.9 Å². The van der Waals surface area contributed by atoms with Crippen molar-refractivity contribution in [2.45, 2.75) is 13.0 Å². The molecule has 3 rings (SSSR count). The summed E-state index contributed by atoms with van der Waals surface area (Å²) in [6.45, 7) is 1.22. The van der Waals surface area contributed by atoms with Gasteiger partial charge in [-0.25, -0.2) is 10.5 Å². The van der Waals surface area contributed by atoms with E-state index >= 15 is 0 Å². The fourth-order valence-corrected chi connectivity index (χ4v) is 2.97. The minimum atomic E-state index is -1.08. The van der Waals surface area contributed by atoms with Crippen LogP contribution < -0.4 is 10.8 Å². The summed E-state index contributed by atoms with van der Waals surface area (Å²) in [7, 11) is 1.80. The summed E-state index contributed by atoms with van der Waals surface area (Å²) in [5, 5.41) is 22.2. The van der Waals surface area contributed by atoms with Gasteiger partial charge in [0.2, 0.25) is 0 Å². The van der Waals surface area contributed by atoms with Crippen LogP contribution in [0, 0.1) is 19.3 Å². The van der Waals surface area contributed by atoms with Gasteiger partial charge in [0.15, 0.2) is 0 Å². The summed E-state index contributed by atoms with van der Waals surface area (Å²) in [6.07, 6.45) is 6.02. The molecule has 1 atom stereocenters. The van der Waals surface area contributed by atoms with Crippen LogP contribution in [0.2, 0.25) is 0 Å². The maximum atomic E-state index is 12.9. The summed E-state index contributed by atoms with van der Waals surface area (Å²) in [6, 6.07) is 9.08. The molecule has 3 aromatic rings. The Kier molecular flexibility index (Phi) is 6.14. The second kappa shape index (κ2) is 8.75. The Balaban J connectivity index is 1.98. The number of aliphatic hydroxyl groups is 2. The van der Waals surface area contributed by atoms with E-state index in [0.29, 0.717) is 22.4 Å². The molecule has 0 unspecified atom stereocenters. The second-order valence-electron chi connectivity index (χ2n) is 6.53. The number of hydrogen-bond acceptors (Lipinski definition) is 6. The van der Waals surface area contributed by atoms with Crippen LogP contribution in [0.1, 0.15) is 21.5 Å². The summed E-state index contributed by atoms with van der Waals surface area (Å²) in [5.41, 5.74) is 5.75. The minimum absolute atomic E-state index is 0.235. The normalized spacial score (nSPS) is 11.8. The van der Waals surface area contributed by atoms with E-state index in [-0.39, 0.29) is 6.61 Å². The van der Waals surface area contributed by atoms with Crippen LogP contribution in [0.3, 0.4) is 0 Å². The third-order valence-electron chi connectivity index (χ3n) is 4.47. The van der Waals surface area contributed by atoms with Gasteiger partial charge in [0.1, 0.15) is 24.2 Å². The van der Waals surface area contributed by atoms with Crippen LogP contribution in [0.15, 0.2) is 36.5 Å². The summed E-state index contributed by atoms with van der Waals surface area (Å²) < 4.78 is 1.78. The van der Waals surface area contributed by atoms with Gasteiger partial charge in [-0.3, -0.25) is 9.63 Å². The van der Waals surface area contributed by atoms with E-state index in [1.165, 1.54) is 0 Å². The number of rotatable bonds is 7. The molecule has 0 aliphatic rings. The number of anilines is 2. The number of carbonyl (C=O) groups excluding carboxylic acids is 1. The molecule has 8 nitrogen and oxygen atoms in total. The van der Waals surface area contributed by atoms with Crippen molar-refractivity contribution >= 4 is 28.4 Å². The Morgan fingerprint density at radius 2 is 2.21 bits per heavy atom. The molecule has 29 heavy (non-hydrogen) atoms. The van der Waals surface area contributed by atoms with Crippen molar-refractivity contribution in [2.24, 2.45) is 7.05 Å². The lowest BCUT2D eigenvalue weighted by molar-refractivity contribution is -0.0294. The van der Waals surface area contributed by atoms with Crippen LogP contribution in [0.5, 0.6) is 0 Å². The van der Waals surface area contributed by atoms with Crippen molar-refractivity contribution in [3.8, 4) is 12.3 Å². The first-order valence-electron chi connectivity index (χ1n) is 8.95. The molecule has 0 saturated heterocycles. The van der Waals surface area contributed by atoms with Crippen molar-refractivity contribution < 1.29 is 19.8 Å². The van der Waals surface area contributed by atoms with Gasteiger partial charge >= 0.3 is 0 Å². The van der Waals surface area contributed by atoms with Gasteiger partial charge in [-0.15, -0.1) is 6.42 Å². The number of fused-ring (bicyclic) bond motifs is 1. The molecule has 0 bridgehead atoms. The van der Waals surface area contributed by atoms with Gasteiger partial charge in [-0.05, 0) is 42.8 Å². The first kappa shape index (κ1) is 20.4. The zero-order valence-electron chi connectivity index (χ0n) is 16.1. The lowest BCUT2D eigenvalue weighted by atomic mass is 10.1. The topological polar surface area (TPSA) is 109 Å². The van der Waals surface area contributed by atoms with Crippen molar-refractivity contribution in [2.75, 3.05) is 18.5 Å². The molecule has 1 aromatic carbocycles. The standard InChI is InChI=1S/C21H22N4O4/c1-4-14-7-8-17(13(2)10-14)23-20-18(21(28)24-29-12-15(27)11-26)16-6-5-9-22-19(16)25(20)3/h1,5-10,15,23,26-27H,11-12H2,2-3H3,(H,24,28)/t15-/m1/s1. The fraction of sp³-hybridized carbons (Fsp3) is 0.238. The van der Waals surface area contributed by atoms with Gasteiger partial charge in [0.05, 0.1) is 12.2 Å². The quantitative estimate of drug-likeness (QED) is 0.358. The number of aryl methyl sites for hydroxylation is 2. The molecule has 1 amide bonds. The van der Waals surface area contributed by atoms with E-state index in [1.807, 2.05) is 25.1 Å². The number of nitrogens with zero attached hydrogens (tertiary/aromatic N) is 2. The molecule has 4 N–H and O–H groups in total. The van der Waals surface area contributed by atoms with Crippen LogP contribution in [0.25, 0.3) is 11.0 Å². The average Bonchev–Trinajstić information content (AvgIpc) is 3.01. The number of nitrogens with one attached hydrogen (secondary N) is 2. The van der Waals surface area contributed by atoms with Gasteiger partial charge in [-0.2, -0.15) is 0 Å². The predicted octanol–water partition coefficient (Wildman–Crippen LogP) is 1.62. The fourth-order valence-electron chi connectivity index (χ4n) is 2.97. The number of hydrogen-bond donors (Lipinski definition) is 4. The zero-order chi connectivity index (χ0) is 21.0. The maximum Gasteiger partial charge on any atom is 0.279 e. The molecule has 0 fully saturated rings. The lowest BCUT2D eigenvalue weighted by Gasteiger charge is -2.14. The molecule has 0 spiro atoms. The molecule has 0 radical (unpaired) electrons. The second-order valence-corrected chi connectivity index (χ2v) is 6.53. The molecule has 0 aliphatic heterocycles. The average molecular weight is 394 g/mol. The number of carbonyl (C=O) groups is 1. The first-order chi connectivity index (χ1) is 14.0. The number of benzene rings is 1. The molecular weight excluding hydrogens is 372 g/mol. The monoisotopic (exact) mass is 394 g/mol. The minimum Gasteiger partial charge on any atom is -0.394 e. The summed E-state index contributed by atoms with van der Waals surface area (Å²) in [5.74, 6) is 2.62. The highest BCUT2D eigenvalue weighted by Crippen LogP contribution is 2.31. The smallest absolute Gasteiger partial charge is 0.279 e. The predicted molar refractivity (Wildman–Crippen MR) is 110 cm³/mol. The molecule has 2 aromatic heterocycles. The molecule has 0 saturated carbocycles. The van der Waals surface area contributed by atoms with E-state index in [2.05, 4.69) is 21.7 Å². The highest BCUT2D eigenvalue weighted by atomic mass is 16.7. The first-order valence-corrected chi connectivity index (χ1v) is 8.95. The van der Waals surface area contributed by atoms with Crippen molar-refractivity contribution in [3.05, 3.63) is 53.2 Å². The number of aliphatic hydroxyl groups excluding tert-OH is 2. The molecule has 8 heteroatoms. The zero-order valence-corrected chi connectivity index (χ0v) is 16.1. The Hall–Kier alpha value is -3.38. The third kappa shape index (κ3) is 4.22. The Labute approximate surface area is 168 Å². The number of aromatic nitrogens is 2. The van der Waals surface area contributed by atoms with E-state index in [9.17, 15) is 9.90 Å². The number of terminal acetylenes is 1. The molecule has 150 valence electrons. The van der Waals surface area contributed by atoms with Crippen LogP contribution >= 0.6 is 0 Å². The molecular formula is C21H22N4O4. The van der Waals surface area contributed by atoms with Crippen LogP contribution in [0.4, 0.5) is 11.5 Å². The van der Waals surface area contributed by atoms with Crippen molar-refractivity contribution in [1.29, 1.82) is 0 Å². The van der Waals surface area contributed by atoms with E-state index in [4.69, 9.17) is 16.4 Å². The number of amides is 1. The van der Waals surface area contributed by atoms with E-state index < -0.39 is 18.6 Å². The Morgan fingerprint density at radius 1 is 1.41 bits per heavy atom. The van der Waals surface area contributed by atoms with Gasteiger partial charge < -0.3 is 20.1 Å². The summed E-state index contributed by atoms with van der Waals surface area (Å²) >= 11 is 0. The summed E-state index contributed by atoms with van der Waals surface area (Å²) in [4.78, 5) is 22.2. The van der Waals surface area contributed by atoms with Crippen LogP contribution in [-0.2, 0) is 11.9 Å². The molecule has 0 aliphatic carbocycles. The molecule has 2 heterocycles. The van der Waals surface area contributed by atoms with Crippen LogP contribution in [-0.4, -0.2) is 45.0 Å². The van der Waals surface area contributed by atoms with Crippen molar-refractivity contribution in [3.63, 3.8) is 0 Å². The number of hydroxylamine groups is 1. The highest BCUT2D eigenvalue weighted by molar-refractivity contribution is 6.11. The van der Waals surface area contributed by atoms with Gasteiger partial charge in [0.25, 0.3) is 5.91 Å².